The van der Waals surface area contributed by atoms with E-state index in [-0.39, 0.29) is 320 Å². The Morgan fingerprint density at radius 2 is 1.00 bits per heavy atom. The third-order valence-electron chi connectivity index (χ3n) is 0. The van der Waals surface area contributed by atoms with Crippen LogP contribution in [0.2, 0.25) is 0 Å². The summed E-state index contributed by atoms with van der Waals surface area (Å²) in [7, 11) is 0. The molecule has 0 bridgehead atoms. The fourth-order valence-corrected chi connectivity index (χ4v) is 0. The monoisotopic (exact) mass is 1190 g/mol. The summed E-state index contributed by atoms with van der Waals surface area (Å²) in [6.07, 6.45) is 0. The van der Waals surface area contributed by atoms with Gasteiger partial charge in [0.15, 0.2) is 0 Å². The second kappa shape index (κ2) is 43.2. The molecule has 0 nitrogen and oxygen atoms in total. The zero-order valence-electron chi connectivity index (χ0n) is 3.21. The summed E-state index contributed by atoms with van der Waals surface area (Å²) in [4.78, 5) is 0. The standard InChI is InChI=1S/Ce.Dy.Er.Eu.Ho.La.Y.Yb. The van der Waals surface area contributed by atoms with E-state index in [1.54, 1.807) is 0 Å². The molecular formula is CeDyErEuHoLaYYb. The molecule has 0 aromatic carbocycles. The smallest absolute Gasteiger partial charge is 0 e. The topological polar surface area (TPSA) is 0 Å². The van der Waals surface area contributed by atoms with Crippen LogP contribution < -0.4 is 0 Å². The molecule has 0 N–H and O–H groups in total. The van der Waals surface area contributed by atoms with Crippen molar-refractivity contribution in [1.82, 2.24) is 0 Å². The van der Waals surface area contributed by atoms with Crippen molar-refractivity contribution in [3.8, 4) is 0 Å². The van der Waals surface area contributed by atoms with Gasteiger partial charge in [-0.1, -0.05) is 0 Å². The predicted octanol–water partition coefficient (Wildman–Crippen LogP) is -0.00250. The molecule has 0 aliphatic carbocycles. The van der Waals surface area contributed by atoms with Crippen molar-refractivity contribution in [1.29, 1.82) is 0 Å². The summed E-state index contributed by atoms with van der Waals surface area (Å²) in [6.45, 7) is 0. The van der Waals surface area contributed by atoms with Crippen LogP contribution >= 0.6 is 0 Å². The minimum Gasteiger partial charge on any atom is 0 e. The van der Waals surface area contributed by atoms with Crippen LogP contribution in [-0.4, -0.2) is 0 Å². The van der Waals surface area contributed by atoms with E-state index in [2.05, 4.69) is 0 Å². The van der Waals surface area contributed by atoms with Gasteiger partial charge in [0.25, 0.3) is 0 Å². The molecule has 0 atom stereocenters. The zero-order chi connectivity index (χ0) is 0. The van der Waals surface area contributed by atoms with Gasteiger partial charge in [-0.25, -0.2) is 0 Å². The molecule has 0 fully saturated rings. The van der Waals surface area contributed by atoms with Gasteiger partial charge in [0, 0.05) is 320 Å². The van der Waals surface area contributed by atoms with Crippen LogP contribution in [0.3, 0.4) is 0 Å². The molecule has 0 amide bonds. The molecule has 0 aromatic heterocycles. The van der Waals surface area contributed by atoms with Crippen LogP contribution in [0.15, 0.2) is 0 Å². The van der Waals surface area contributed by atoms with E-state index < -0.39 is 0 Å². The third-order valence-corrected chi connectivity index (χ3v) is 0. The quantitative estimate of drug-likeness (QED) is 0.301. The Kier molecular flexibility index (Phi) is 277. The van der Waals surface area contributed by atoms with Crippen molar-refractivity contribution in [2.75, 3.05) is 0 Å². The van der Waals surface area contributed by atoms with Crippen LogP contribution in [-0.2, 0) is 32.7 Å². The molecular weight excluding hydrogens is 1190 g/mol. The average molecular weight is 1190 g/mol. The first-order valence-corrected chi connectivity index (χ1v) is 0. The molecule has 0 rings (SSSR count). The van der Waals surface area contributed by atoms with E-state index in [1.165, 1.54) is 0 Å². The van der Waals surface area contributed by atoms with E-state index in [9.17, 15) is 0 Å². The average Bonchev–Trinajstić information content (AvgIpc) is 0. The molecule has 0 aliphatic heterocycles. The van der Waals surface area contributed by atoms with Crippen LogP contribution in [0.1, 0.15) is 0 Å². The van der Waals surface area contributed by atoms with E-state index in [1.807, 2.05) is 0 Å². The Labute approximate surface area is 307 Å². The molecule has 8 heavy (non-hydrogen) atoms. The summed E-state index contributed by atoms with van der Waals surface area (Å²) in [5.41, 5.74) is 0. The van der Waals surface area contributed by atoms with Gasteiger partial charge in [-0.2, -0.15) is 0 Å². The molecule has 0 spiro atoms. The summed E-state index contributed by atoms with van der Waals surface area (Å²) < 4.78 is 0. The Balaban J connectivity index is 0. The molecule has 64 valence electrons. The van der Waals surface area contributed by atoms with Gasteiger partial charge in [0.2, 0.25) is 0 Å². The summed E-state index contributed by atoms with van der Waals surface area (Å²) in [6, 6.07) is 0. The summed E-state index contributed by atoms with van der Waals surface area (Å²) >= 11 is 0. The molecule has 8 heteroatoms. The Morgan fingerprint density at radius 3 is 1.00 bits per heavy atom. The van der Waals surface area contributed by atoms with Gasteiger partial charge in [-0.3, -0.25) is 0 Å². The van der Waals surface area contributed by atoms with Crippen LogP contribution in [0.5, 0.6) is 0 Å². The number of hydrogen-bond acceptors (Lipinski definition) is 0. The first-order valence-electron chi connectivity index (χ1n) is 0. The largest absolute Gasteiger partial charge is 0 e. The predicted molar refractivity (Wildman–Crippen MR) is 0 cm³/mol. The number of rotatable bonds is 0. The van der Waals surface area contributed by atoms with Crippen LogP contribution in [0, 0.1) is 287 Å². The van der Waals surface area contributed by atoms with Crippen molar-refractivity contribution in [3.63, 3.8) is 0 Å². The third kappa shape index (κ3) is 36.0. The van der Waals surface area contributed by atoms with Gasteiger partial charge in [0.1, 0.15) is 0 Å². The molecule has 4 radical (unpaired) electrons. The van der Waals surface area contributed by atoms with E-state index >= 15 is 0 Å². The molecule has 0 heterocycles. The van der Waals surface area contributed by atoms with Crippen LogP contribution in [0.25, 0.3) is 0 Å². The van der Waals surface area contributed by atoms with Crippen molar-refractivity contribution in [2.24, 2.45) is 0 Å². The van der Waals surface area contributed by atoms with Gasteiger partial charge in [-0.05, 0) is 0 Å². The minimum atomic E-state index is 0. The Morgan fingerprint density at radius 1 is 1.00 bits per heavy atom. The maximum atomic E-state index is 0. The first-order chi connectivity index (χ1) is 0. The molecule has 0 aliphatic rings. The Bertz CT molecular complexity index is 24.0. The fourth-order valence-electron chi connectivity index (χ4n) is 0. The molecule has 0 saturated heterocycles. The second-order valence-electron chi connectivity index (χ2n) is 0. The molecule has 0 saturated carbocycles. The van der Waals surface area contributed by atoms with E-state index in [4.69, 9.17) is 0 Å². The van der Waals surface area contributed by atoms with Gasteiger partial charge in [-0.15, -0.1) is 0 Å². The Hall–Kier alpha value is 10.6. The maximum absolute atomic E-state index is 0. The van der Waals surface area contributed by atoms with Crippen molar-refractivity contribution in [2.45, 2.75) is 0 Å². The molecule has 0 aromatic rings. The normalized spacial score (nSPS) is 0. The van der Waals surface area contributed by atoms with Crippen molar-refractivity contribution in [3.05, 3.63) is 0 Å². The van der Waals surface area contributed by atoms with Gasteiger partial charge >= 0.3 is 0 Å². The zero-order valence-corrected chi connectivity index (χ0v) is 22.8. The maximum Gasteiger partial charge on any atom is 0 e. The first kappa shape index (κ1) is 51.3. The summed E-state index contributed by atoms with van der Waals surface area (Å²) in [5.74, 6) is 0. The molecule has 0 unspecified atom stereocenters. The SMILES string of the molecule is [Ce].[Dy].[Er].[Eu].[Ho].[La].[Y].[Yb]. The van der Waals surface area contributed by atoms with Crippen LogP contribution in [0.4, 0.5) is 0 Å². The van der Waals surface area contributed by atoms with E-state index in [0.29, 0.717) is 0 Å². The van der Waals surface area contributed by atoms with Gasteiger partial charge < -0.3 is 0 Å². The van der Waals surface area contributed by atoms with E-state index in [0.717, 1.165) is 0 Å². The minimum absolute atomic E-state index is 0. The van der Waals surface area contributed by atoms with Gasteiger partial charge in [0.05, 0.1) is 0 Å². The van der Waals surface area contributed by atoms with Crippen molar-refractivity contribution >= 4 is 0 Å². The number of hydrogen-bond donors (Lipinski definition) is 0. The van der Waals surface area contributed by atoms with Crippen molar-refractivity contribution < 1.29 is 320 Å². The summed E-state index contributed by atoms with van der Waals surface area (Å²) in [5, 5.41) is 0. The second-order valence-corrected chi connectivity index (χ2v) is 0. The fraction of sp³-hybridized carbons (Fsp3) is 0.